The molecule has 2 N–H and O–H groups in total. The Morgan fingerprint density at radius 3 is 2.52 bits per heavy atom. The summed E-state index contributed by atoms with van der Waals surface area (Å²) >= 11 is 0. The Labute approximate surface area is 159 Å². The predicted molar refractivity (Wildman–Crippen MR) is 104 cm³/mol. The SMILES string of the molecule is Cc1ccc(C)c(C(=O)c2ccccc2C(=O)N[C@H]2CCCCNC2=O)c1. The first-order valence-electron chi connectivity index (χ1n) is 9.27. The highest BCUT2D eigenvalue weighted by Gasteiger charge is 2.25. The van der Waals surface area contributed by atoms with Crippen LogP contribution in [0.25, 0.3) is 0 Å². The molecule has 1 heterocycles. The van der Waals surface area contributed by atoms with E-state index in [2.05, 4.69) is 10.6 Å². The van der Waals surface area contributed by atoms with E-state index < -0.39 is 11.9 Å². The summed E-state index contributed by atoms with van der Waals surface area (Å²) in [5.41, 5.74) is 3.07. The second kappa shape index (κ2) is 8.16. The summed E-state index contributed by atoms with van der Waals surface area (Å²) in [5, 5.41) is 5.60. The van der Waals surface area contributed by atoms with E-state index in [-0.39, 0.29) is 11.7 Å². The molecule has 0 unspecified atom stereocenters. The summed E-state index contributed by atoms with van der Waals surface area (Å²) in [4.78, 5) is 38.0. The summed E-state index contributed by atoms with van der Waals surface area (Å²) < 4.78 is 0. The van der Waals surface area contributed by atoms with Gasteiger partial charge >= 0.3 is 0 Å². The van der Waals surface area contributed by atoms with Gasteiger partial charge in [-0.05, 0) is 50.8 Å². The average molecular weight is 364 g/mol. The number of ketones is 1. The van der Waals surface area contributed by atoms with E-state index >= 15 is 0 Å². The molecule has 0 bridgehead atoms. The molecule has 0 aromatic heterocycles. The van der Waals surface area contributed by atoms with E-state index in [1.165, 1.54) is 0 Å². The molecule has 1 atom stereocenters. The number of amides is 2. The van der Waals surface area contributed by atoms with Crippen LogP contribution < -0.4 is 10.6 Å². The van der Waals surface area contributed by atoms with Crippen molar-refractivity contribution in [1.29, 1.82) is 0 Å². The third-order valence-corrected chi connectivity index (χ3v) is 4.89. The number of carbonyl (C=O) groups is 3. The topological polar surface area (TPSA) is 75.3 Å². The molecule has 0 saturated carbocycles. The molecule has 2 amide bonds. The molecular weight excluding hydrogens is 340 g/mol. The van der Waals surface area contributed by atoms with Gasteiger partial charge in [0.2, 0.25) is 5.91 Å². The van der Waals surface area contributed by atoms with Gasteiger partial charge < -0.3 is 10.6 Å². The normalized spacial score (nSPS) is 17.0. The molecule has 1 fully saturated rings. The largest absolute Gasteiger partial charge is 0.354 e. The molecular formula is C22H24N2O3. The lowest BCUT2D eigenvalue weighted by atomic mass is 9.94. The third-order valence-electron chi connectivity index (χ3n) is 4.89. The quantitative estimate of drug-likeness (QED) is 0.819. The molecule has 140 valence electrons. The number of hydrogen-bond donors (Lipinski definition) is 2. The van der Waals surface area contributed by atoms with Gasteiger partial charge in [0.25, 0.3) is 5.91 Å². The molecule has 0 spiro atoms. The minimum atomic E-state index is -0.566. The first-order chi connectivity index (χ1) is 13.0. The van der Waals surface area contributed by atoms with Crippen molar-refractivity contribution in [3.05, 3.63) is 70.3 Å². The van der Waals surface area contributed by atoms with Crippen LogP contribution in [-0.2, 0) is 4.79 Å². The van der Waals surface area contributed by atoms with Gasteiger partial charge in [0.15, 0.2) is 5.78 Å². The fraction of sp³-hybridized carbons (Fsp3) is 0.318. The highest BCUT2D eigenvalue weighted by molar-refractivity contribution is 6.16. The number of carbonyl (C=O) groups excluding carboxylic acids is 3. The molecule has 27 heavy (non-hydrogen) atoms. The Morgan fingerprint density at radius 2 is 1.74 bits per heavy atom. The standard InChI is InChI=1S/C22H24N2O3/c1-14-10-11-15(2)18(13-14)20(25)16-7-3-4-8-17(16)21(26)24-19-9-5-6-12-23-22(19)27/h3-4,7-8,10-11,13,19H,5-6,9,12H2,1-2H3,(H,23,27)(H,24,26)/t19-/m0/s1. The van der Waals surface area contributed by atoms with Crippen molar-refractivity contribution in [1.82, 2.24) is 10.6 Å². The van der Waals surface area contributed by atoms with E-state index in [0.29, 0.717) is 29.7 Å². The van der Waals surface area contributed by atoms with Crippen LogP contribution in [0.2, 0.25) is 0 Å². The Balaban J connectivity index is 1.89. The van der Waals surface area contributed by atoms with Gasteiger partial charge in [-0.1, -0.05) is 35.9 Å². The van der Waals surface area contributed by atoms with Crippen molar-refractivity contribution >= 4 is 17.6 Å². The van der Waals surface area contributed by atoms with Crippen LogP contribution in [0.5, 0.6) is 0 Å². The molecule has 0 aliphatic carbocycles. The summed E-state index contributed by atoms with van der Waals surface area (Å²) in [5.74, 6) is -0.752. The molecule has 1 aliphatic rings. The lowest BCUT2D eigenvalue weighted by molar-refractivity contribution is -0.122. The second-order valence-corrected chi connectivity index (χ2v) is 7.01. The van der Waals surface area contributed by atoms with Crippen LogP contribution in [0, 0.1) is 13.8 Å². The van der Waals surface area contributed by atoms with Crippen LogP contribution in [0.15, 0.2) is 42.5 Å². The zero-order valence-corrected chi connectivity index (χ0v) is 15.7. The first kappa shape index (κ1) is 18.8. The molecule has 5 nitrogen and oxygen atoms in total. The number of rotatable bonds is 4. The van der Waals surface area contributed by atoms with Gasteiger partial charge in [-0.25, -0.2) is 0 Å². The van der Waals surface area contributed by atoms with Gasteiger partial charge in [-0.15, -0.1) is 0 Å². The Morgan fingerprint density at radius 1 is 1.00 bits per heavy atom. The van der Waals surface area contributed by atoms with E-state index in [4.69, 9.17) is 0 Å². The van der Waals surface area contributed by atoms with Crippen molar-refractivity contribution in [3.63, 3.8) is 0 Å². The highest BCUT2D eigenvalue weighted by Crippen LogP contribution is 2.19. The van der Waals surface area contributed by atoms with Gasteiger partial charge in [0.1, 0.15) is 6.04 Å². The van der Waals surface area contributed by atoms with Crippen molar-refractivity contribution in [3.8, 4) is 0 Å². The van der Waals surface area contributed by atoms with Gasteiger partial charge in [-0.3, -0.25) is 14.4 Å². The van der Waals surface area contributed by atoms with Crippen LogP contribution in [-0.4, -0.2) is 30.2 Å². The monoisotopic (exact) mass is 364 g/mol. The molecule has 2 aromatic rings. The molecule has 1 aliphatic heterocycles. The summed E-state index contributed by atoms with van der Waals surface area (Å²) in [6.45, 7) is 4.44. The van der Waals surface area contributed by atoms with Gasteiger partial charge in [0, 0.05) is 17.7 Å². The maximum atomic E-state index is 13.1. The fourth-order valence-electron chi connectivity index (χ4n) is 3.32. The molecule has 5 heteroatoms. The van der Waals surface area contributed by atoms with Crippen LogP contribution in [0.3, 0.4) is 0 Å². The number of aryl methyl sites for hydroxylation is 2. The molecule has 2 aromatic carbocycles. The number of benzene rings is 2. The van der Waals surface area contributed by atoms with Crippen molar-refractivity contribution in [2.24, 2.45) is 0 Å². The maximum absolute atomic E-state index is 13.1. The first-order valence-corrected chi connectivity index (χ1v) is 9.27. The Kier molecular flexibility index (Phi) is 5.69. The lowest BCUT2D eigenvalue weighted by Crippen LogP contribution is -2.45. The minimum Gasteiger partial charge on any atom is -0.354 e. The number of nitrogens with one attached hydrogen (secondary N) is 2. The molecule has 0 radical (unpaired) electrons. The van der Waals surface area contributed by atoms with Gasteiger partial charge in [-0.2, -0.15) is 0 Å². The van der Waals surface area contributed by atoms with Crippen molar-refractivity contribution < 1.29 is 14.4 Å². The third kappa shape index (κ3) is 4.25. The maximum Gasteiger partial charge on any atom is 0.252 e. The lowest BCUT2D eigenvalue weighted by Gasteiger charge is -2.17. The summed E-state index contributed by atoms with van der Waals surface area (Å²) in [6.07, 6.45) is 2.37. The zero-order valence-electron chi connectivity index (χ0n) is 15.7. The molecule has 1 saturated heterocycles. The fourth-order valence-corrected chi connectivity index (χ4v) is 3.32. The summed E-state index contributed by atoms with van der Waals surface area (Å²) in [7, 11) is 0. The van der Waals surface area contributed by atoms with Crippen molar-refractivity contribution in [2.45, 2.75) is 39.2 Å². The average Bonchev–Trinajstić information content (AvgIpc) is 2.87. The highest BCUT2D eigenvalue weighted by atomic mass is 16.2. The summed E-state index contributed by atoms with van der Waals surface area (Å²) in [6, 6.07) is 11.9. The van der Waals surface area contributed by atoms with Crippen LogP contribution in [0.4, 0.5) is 0 Å². The van der Waals surface area contributed by atoms with E-state index in [1.807, 2.05) is 32.0 Å². The van der Waals surface area contributed by atoms with Gasteiger partial charge in [0.05, 0.1) is 5.56 Å². The Bertz CT molecular complexity index is 889. The predicted octanol–water partition coefficient (Wildman–Crippen LogP) is 2.93. The number of hydrogen-bond acceptors (Lipinski definition) is 3. The molecule has 3 rings (SSSR count). The van der Waals surface area contributed by atoms with E-state index in [1.54, 1.807) is 24.3 Å². The van der Waals surface area contributed by atoms with Crippen LogP contribution >= 0.6 is 0 Å². The zero-order chi connectivity index (χ0) is 19.4. The van der Waals surface area contributed by atoms with E-state index in [0.717, 1.165) is 24.0 Å². The van der Waals surface area contributed by atoms with Crippen molar-refractivity contribution in [2.75, 3.05) is 6.54 Å². The van der Waals surface area contributed by atoms with E-state index in [9.17, 15) is 14.4 Å². The smallest absolute Gasteiger partial charge is 0.252 e. The second-order valence-electron chi connectivity index (χ2n) is 7.01. The minimum absolute atomic E-state index is 0.167. The Hall–Kier alpha value is -2.95. The van der Waals surface area contributed by atoms with Crippen LogP contribution in [0.1, 0.15) is 56.7 Å².